The Morgan fingerprint density at radius 1 is 1.43 bits per heavy atom. The van der Waals surface area contributed by atoms with E-state index in [4.69, 9.17) is 22.1 Å². The number of ether oxygens (including phenoxy) is 1. The molecular formula is C14H18ClN5O2S. The van der Waals surface area contributed by atoms with Crippen molar-refractivity contribution in [3.63, 3.8) is 0 Å². The van der Waals surface area contributed by atoms with Gasteiger partial charge in [-0.25, -0.2) is 4.79 Å². The normalized spacial score (nSPS) is 10.3. The van der Waals surface area contributed by atoms with E-state index in [0.717, 1.165) is 11.4 Å². The molecule has 0 aliphatic carbocycles. The molecule has 7 nitrogen and oxygen atoms in total. The topological polar surface area (TPSA) is 102 Å². The molecule has 0 atom stereocenters. The van der Waals surface area contributed by atoms with E-state index < -0.39 is 0 Å². The number of rotatable bonds is 7. The first-order valence-electron chi connectivity index (χ1n) is 7.14. The first-order chi connectivity index (χ1) is 11.1. The van der Waals surface area contributed by atoms with Gasteiger partial charge in [-0.15, -0.1) is 10.2 Å². The molecule has 0 saturated heterocycles. The van der Waals surface area contributed by atoms with E-state index in [9.17, 15) is 4.79 Å². The number of urea groups is 1. The minimum Gasteiger partial charge on any atom is -0.490 e. The highest BCUT2D eigenvalue weighted by molar-refractivity contribution is 7.15. The van der Waals surface area contributed by atoms with E-state index >= 15 is 0 Å². The van der Waals surface area contributed by atoms with Crippen molar-refractivity contribution in [3.05, 3.63) is 28.2 Å². The maximum absolute atomic E-state index is 12.0. The van der Waals surface area contributed by atoms with Gasteiger partial charge in [0.15, 0.2) is 5.75 Å². The molecule has 0 spiro atoms. The van der Waals surface area contributed by atoms with Crippen molar-refractivity contribution in [3.8, 4) is 5.75 Å². The highest BCUT2D eigenvalue weighted by Crippen LogP contribution is 2.32. The summed E-state index contributed by atoms with van der Waals surface area (Å²) < 4.78 is 5.59. The number of benzene rings is 1. The largest absolute Gasteiger partial charge is 0.490 e. The van der Waals surface area contributed by atoms with Gasteiger partial charge in [-0.3, -0.25) is 0 Å². The van der Waals surface area contributed by atoms with Crippen molar-refractivity contribution in [2.75, 3.05) is 24.2 Å². The van der Waals surface area contributed by atoms with Gasteiger partial charge in [0, 0.05) is 13.0 Å². The van der Waals surface area contributed by atoms with Gasteiger partial charge in [0.25, 0.3) is 0 Å². The summed E-state index contributed by atoms with van der Waals surface area (Å²) in [5, 5.41) is 14.7. The van der Waals surface area contributed by atoms with E-state index in [2.05, 4.69) is 20.8 Å². The van der Waals surface area contributed by atoms with E-state index in [1.165, 1.54) is 11.3 Å². The number of halogens is 1. The van der Waals surface area contributed by atoms with Crippen LogP contribution in [0, 0.1) is 0 Å². The second-order valence-corrected chi connectivity index (χ2v) is 6.13. The number of hydrogen-bond acceptors (Lipinski definition) is 6. The van der Waals surface area contributed by atoms with Gasteiger partial charge in [-0.1, -0.05) is 35.9 Å². The number of amides is 2. The molecule has 0 saturated carbocycles. The summed E-state index contributed by atoms with van der Waals surface area (Å²) >= 11 is 7.42. The molecule has 2 aromatic rings. The first-order valence-corrected chi connectivity index (χ1v) is 8.33. The van der Waals surface area contributed by atoms with Gasteiger partial charge in [-0.2, -0.15) is 0 Å². The summed E-state index contributed by atoms with van der Waals surface area (Å²) in [7, 11) is 0. The number of nitrogen functional groups attached to an aromatic ring is 1. The molecule has 2 rings (SSSR count). The minimum atomic E-state index is -0.342. The molecule has 1 aromatic heterocycles. The maximum atomic E-state index is 12.0. The van der Waals surface area contributed by atoms with Crippen LogP contribution in [0.3, 0.4) is 0 Å². The van der Waals surface area contributed by atoms with Crippen molar-refractivity contribution < 1.29 is 9.53 Å². The standard InChI is InChI=1S/C14H18ClN5O2S/c1-2-8-22-12-9(15)4-3-5-10(12)18-14(21)17-7-6-11-19-20-13(16)23-11/h3-5H,2,6-8H2,1H3,(H2,16,20)(H2,17,18,21). The molecule has 0 aliphatic rings. The average Bonchev–Trinajstić information content (AvgIpc) is 2.92. The number of carbonyl (C=O) groups is 1. The van der Waals surface area contributed by atoms with Crippen LogP contribution in [0.15, 0.2) is 18.2 Å². The van der Waals surface area contributed by atoms with E-state index in [-0.39, 0.29) is 6.03 Å². The van der Waals surface area contributed by atoms with Gasteiger partial charge >= 0.3 is 6.03 Å². The first kappa shape index (κ1) is 17.3. The Hall–Kier alpha value is -2.06. The summed E-state index contributed by atoms with van der Waals surface area (Å²) in [5.41, 5.74) is 6.03. The van der Waals surface area contributed by atoms with Crippen molar-refractivity contribution in [2.24, 2.45) is 0 Å². The fourth-order valence-electron chi connectivity index (χ4n) is 1.78. The predicted octanol–water partition coefficient (Wildman–Crippen LogP) is 2.93. The summed E-state index contributed by atoms with van der Waals surface area (Å²) in [5.74, 6) is 0.475. The van der Waals surface area contributed by atoms with Crippen LogP contribution in [0.25, 0.3) is 0 Å². The lowest BCUT2D eigenvalue weighted by molar-refractivity contribution is 0.252. The van der Waals surface area contributed by atoms with Gasteiger partial charge in [0.1, 0.15) is 5.01 Å². The van der Waals surface area contributed by atoms with Crippen LogP contribution in [-0.4, -0.2) is 29.4 Å². The van der Waals surface area contributed by atoms with Crippen LogP contribution in [0.2, 0.25) is 5.02 Å². The molecule has 0 aliphatic heterocycles. The molecule has 0 bridgehead atoms. The maximum Gasteiger partial charge on any atom is 0.319 e. The SMILES string of the molecule is CCCOc1c(Cl)cccc1NC(=O)NCCc1nnc(N)s1. The van der Waals surface area contributed by atoms with Gasteiger partial charge in [-0.05, 0) is 18.6 Å². The fourth-order valence-corrected chi connectivity index (χ4v) is 2.61. The van der Waals surface area contributed by atoms with Crippen LogP contribution in [0.1, 0.15) is 18.4 Å². The summed E-state index contributed by atoms with van der Waals surface area (Å²) in [4.78, 5) is 12.0. The van der Waals surface area contributed by atoms with E-state index in [1.54, 1.807) is 18.2 Å². The lowest BCUT2D eigenvalue weighted by Gasteiger charge is -2.13. The highest BCUT2D eigenvalue weighted by atomic mass is 35.5. The van der Waals surface area contributed by atoms with E-state index in [0.29, 0.717) is 41.2 Å². The van der Waals surface area contributed by atoms with Crippen LogP contribution >= 0.6 is 22.9 Å². The van der Waals surface area contributed by atoms with Crippen molar-refractivity contribution >= 4 is 39.8 Å². The van der Waals surface area contributed by atoms with Gasteiger partial charge < -0.3 is 21.1 Å². The summed E-state index contributed by atoms with van der Waals surface area (Å²) in [6.45, 7) is 2.95. The van der Waals surface area contributed by atoms with Crippen LogP contribution in [0.5, 0.6) is 5.75 Å². The molecule has 4 N–H and O–H groups in total. The zero-order valence-electron chi connectivity index (χ0n) is 12.6. The van der Waals surface area contributed by atoms with Crippen molar-refractivity contribution in [2.45, 2.75) is 19.8 Å². The number of hydrogen-bond donors (Lipinski definition) is 3. The Morgan fingerprint density at radius 3 is 2.96 bits per heavy atom. The zero-order valence-corrected chi connectivity index (χ0v) is 14.2. The zero-order chi connectivity index (χ0) is 16.7. The number of anilines is 2. The number of para-hydroxylation sites is 1. The molecule has 0 fully saturated rings. The second-order valence-electron chi connectivity index (χ2n) is 4.63. The molecule has 1 heterocycles. The van der Waals surface area contributed by atoms with Crippen LogP contribution in [0.4, 0.5) is 15.6 Å². The van der Waals surface area contributed by atoms with Crippen molar-refractivity contribution in [1.82, 2.24) is 15.5 Å². The van der Waals surface area contributed by atoms with Crippen molar-refractivity contribution in [1.29, 1.82) is 0 Å². The molecule has 0 unspecified atom stereocenters. The number of nitrogens with two attached hydrogens (primary N) is 1. The number of carbonyl (C=O) groups excluding carboxylic acids is 1. The number of nitrogens with zero attached hydrogens (tertiary/aromatic N) is 2. The van der Waals surface area contributed by atoms with Gasteiger partial charge in [0.2, 0.25) is 5.13 Å². The lowest BCUT2D eigenvalue weighted by Crippen LogP contribution is -2.30. The van der Waals surface area contributed by atoms with Crippen LogP contribution in [-0.2, 0) is 6.42 Å². The molecule has 124 valence electrons. The third-order valence-electron chi connectivity index (χ3n) is 2.77. The average molecular weight is 356 g/mol. The lowest BCUT2D eigenvalue weighted by atomic mass is 10.3. The number of aromatic nitrogens is 2. The molecule has 2 amide bonds. The van der Waals surface area contributed by atoms with E-state index in [1.807, 2.05) is 6.92 Å². The Labute approximate surface area is 143 Å². The monoisotopic (exact) mass is 355 g/mol. The molecule has 23 heavy (non-hydrogen) atoms. The van der Waals surface area contributed by atoms with Crippen LogP contribution < -0.4 is 21.1 Å². The predicted molar refractivity (Wildman–Crippen MR) is 92.3 cm³/mol. The third kappa shape index (κ3) is 5.26. The summed E-state index contributed by atoms with van der Waals surface area (Å²) in [6, 6.07) is 4.86. The molecule has 0 radical (unpaired) electrons. The number of nitrogens with one attached hydrogen (secondary N) is 2. The Bertz CT molecular complexity index is 664. The fraction of sp³-hybridized carbons (Fsp3) is 0.357. The Kier molecular flexibility index (Phi) is 6.42. The quantitative estimate of drug-likeness (QED) is 0.708. The molecular weight excluding hydrogens is 338 g/mol. The Balaban J connectivity index is 1.88. The third-order valence-corrected chi connectivity index (χ3v) is 3.88. The highest BCUT2D eigenvalue weighted by Gasteiger charge is 2.11. The van der Waals surface area contributed by atoms with Gasteiger partial charge in [0.05, 0.1) is 17.3 Å². The molecule has 1 aromatic carbocycles. The minimum absolute atomic E-state index is 0.342. The molecule has 9 heteroatoms. The Morgan fingerprint density at radius 2 is 2.26 bits per heavy atom. The smallest absolute Gasteiger partial charge is 0.319 e. The summed E-state index contributed by atoms with van der Waals surface area (Å²) in [6.07, 6.45) is 1.42. The second kappa shape index (κ2) is 8.54.